The fourth-order valence-corrected chi connectivity index (χ4v) is 4.46. The van der Waals surface area contributed by atoms with Crippen molar-refractivity contribution in [2.45, 2.75) is 53.2 Å². The number of piperazine rings is 1. The van der Waals surface area contributed by atoms with Crippen LogP contribution in [0.3, 0.4) is 0 Å². The van der Waals surface area contributed by atoms with Crippen molar-refractivity contribution in [1.29, 1.82) is 0 Å². The van der Waals surface area contributed by atoms with Crippen LogP contribution in [0.15, 0.2) is 54.6 Å². The van der Waals surface area contributed by atoms with E-state index in [1.807, 2.05) is 49.4 Å². The Balaban J connectivity index is 0.00000241. The molecule has 1 aromatic heterocycles. The first-order valence-corrected chi connectivity index (χ1v) is 12.7. The van der Waals surface area contributed by atoms with Crippen molar-refractivity contribution in [2.75, 3.05) is 26.2 Å². The van der Waals surface area contributed by atoms with Gasteiger partial charge in [-0.15, -0.1) is 24.8 Å². The Morgan fingerprint density at radius 1 is 0.919 bits per heavy atom. The van der Waals surface area contributed by atoms with E-state index in [2.05, 4.69) is 54.9 Å². The summed E-state index contributed by atoms with van der Waals surface area (Å²) in [4.78, 5) is 23.0. The van der Waals surface area contributed by atoms with Crippen molar-refractivity contribution in [3.8, 4) is 17.0 Å². The molecule has 202 valence electrons. The van der Waals surface area contributed by atoms with Crippen LogP contribution in [0.2, 0.25) is 0 Å². The molecule has 0 spiro atoms. The van der Waals surface area contributed by atoms with Gasteiger partial charge in [-0.3, -0.25) is 9.80 Å². The van der Waals surface area contributed by atoms with E-state index in [1.54, 1.807) is 0 Å². The number of nitrogens with zero attached hydrogens (tertiary/aromatic N) is 3. The van der Waals surface area contributed by atoms with Gasteiger partial charge in [0.2, 0.25) is 0 Å². The van der Waals surface area contributed by atoms with E-state index >= 15 is 0 Å². The minimum absolute atomic E-state index is 0. The zero-order chi connectivity index (χ0) is 24.9. The van der Waals surface area contributed by atoms with Gasteiger partial charge in [0.25, 0.3) is 0 Å². The first-order chi connectivity index (χ1) is 16.8. The number of hydrogen-bond acceptors (Lipinski definition) is 5. The van der Waals surface area contributed by atoms with E-state index in [-0.39, 0.29) is 30.9 Å². The van der Waals surface area contributed by atoms with Crippen molar-refractivity contribution >= 4 is 41.8 Å². The largest absolute Gasteiger partial charge is 0.412 e. The Labute approximate surface area is 233 Å². The summed E-state index contributed by atoms with van der Waals surface area (Å²) < 4.78 is 6.12. The maximum absolute atomic E-state index is 13.0. The lowest BCUT2D eigenvalue weighted by atomic mass is 10.0. The average molecular weight is 548 g/mol. The average Bonchev–Trinajstić information content (AvgIpc) is 2.86. The number of carbonyl (C=O) groups excluding carboxylic acids is 1. The number of ether oxygens (including phenoxy) is 1. The summed E-state index contributed by atoms with van der Waals surface area (Å²) >= 11 is 0. The first kappa shape index (κ1) is 30.8. The molecule has 1 aliphatic heterocycles. The van der Waals surface area contributed by atoms with E-state index in [0.717, 1.165) is 53.9 Å². The van der Waals surface area contributed by atoms with Crippen LogP contribution >= 0.6 is 24.8 Å². The SMILES string of the molecule is CC(C)[C@@H](C)NC(=O)Oc1c(CN2CCN(C(C)C)CC2)c(-c2ccccc2)nc2ccccc12.Cl.Cl. The molecule has 0 radical (unpaired) electrons. The lowest BCUT2D eigenvalue weighted by molar-refractivity contribution is 0.103. The van der Waals surface area contributed by atoms with Gasteiger partial charge in [-0.1, -0.05) is 56.3 Å². The number of fused-ring (bicyclic) bond motifs is 1. The van der Waals surface area contributed by atoms with Gasteiger partial charge in [0, 0.05) is 61.3 Å². The number of pyridine rings is 1. The number of hydrogen-bond donors (Lipinski definition) is 1. The zero-order valence-corrected chi connectivity index (χ0v) is 24.1. The maximum Gasteiger partial charge on any atom is 0.412 e. The topological polar surface area (TPSA) is 57.7 Å². The van der Waals surface area contributed by atoms with Crippen LogP contribution in [0.4, 0.5) is 4.79 Å². The smallest absolute Gasteiger partial charge is 0.409 e. The molecule has 0 unspecified atom stereocenters. The number of para-hydroxylation sites is 1. The molecule has 1 amide bonds. The highest BCUT2D eigenvalue weighted by Crippen LogP contribution is 2.37. The summed E-state index contributed by atoms with van der Waals surface area (Å²) in [5, 5.41) is 3.86. The summed E-state index contributed by atoms with van der Waals surface area (Å²) in [6.45, 7) is 15.3. The summed E-state index contributed by atoms with van der Waals surface area (Å²) in [6.07, 6.45) is -0.424. The lowest BCUT2D eigenvalue weighted by Gasteiger charge is -2.37. The number of benzene rings is 2. The maximum atomic E-state index is 13.0. The Hall–Kier alpha value is -2.38. The van der Waals surface area contributed by atoms with Crippen LogP contribution < -0.4 is 10.1 Å². The monoisotopic (exact) mass is 546 g/mol. The highest BCUT2D eigenvalue weighted by atomic mass is 35.5. The van der Waals surface area contributed by atoms with Crippen molar-refractivity contribution in [1.82, 2.24) is 20.1 Å². The molecule has 1 saturated heterocycles. The molecule has 1 aliphatic rings. The van der Waals surface area contributed by atoms with Gasteiger partial charge < -0.3 is 10.1 Å². The summed E-state index contributed by atoms with van der Waals surface area (Å²) in [5.41, 5.74) is 3.67. The number of rotatable bonds is 7. The molecule has 1 fully saturated rings. The molecule has 0 bridgehead atoms. The Bertz CT molecular complexity index is 1150. The van der Waals surface area contributed by atoms with Gasteiger partial charge in [0.05, 0.1) is 11.2 Å². The van der Waals surface area contributed by atoms with Gasteiger partial charge in [-0.05, 0) is 38.8 Å². The number of aromatic nitrogens is 1. The molecule has 4 rings (SSSR count). The molecular weight excluding hydrogens is 507 g/mol. The van der Waals surface area contributed by atoms with Crippen LogP contribution in [0.5, 0.6) is 5.75 Å². The number of amides is 1. The third-order valence-corrected chi connectivity index (χ3v) is 7.05. The Morgan fingerprint density at radius 2 is 1.54 bits per heavy atom. The number of carbonyl (C=O) groups is 1. The minimum atomic E-state index is -0.424. The van der Waals surface area contributed by atoms with Gasteiger partial charge in [0.1, 0.15) is 5.75 Å². The highest BCUT2D eigenvalue weighted by Gasteiger charge is 2.25. The summed E-state index contributed by atoms with van der Waals surface area (Å²) in [6, 6.07) is 18.7. The van der Waals surface area contributed by atoms with Gasteiger partial charge >= 0.3 is 6.09 Å². The van der Waals surface area contributed by atoms with Crippen LogP contribution in [0.25, 0.3) is 22.2 Å². The fraction of sp³-hybridized carbons (Fsp3) is 0.448. The van der Waals surface area contributed by atoms with E-state index in [4.69, 9.17) is 9.72 Å². The van der Waals surface area contributed by atoms with Crippen molar-refractivity contribution < 1.29 is 9.53 Å². The molecule has 0 saturated carbocycles. The van der Waals surface area contributed by atoms with Crippen molar-refractivity contribution in [2.24, 2.45) is 5.92 Å². The molecule has 2 heterocycles. The van der Waals surface area contributed by atoms with E-state index in [9.17, 15) is 4.79 Å². The molecule has 6 nitrogen and oxygen atoms in total. The van der Waals surface area contributed by atoms with Crippen LogP contribution in [0.1, 0.15) is 40.2 Å². The summed E-state index contributed by atoms with van der Waals surface area (Å²) in [5.74, 6) is 0.919. The molecule has 2 aromatic carbocycles. The second-order valence-electron chi connectivity index (χ2n) is 10.1. The first-order valence-electron chi connectivity index (χ1n) is 12.7. The van der Waals surface area contributed by atoms with Crippen molar-refractivity contribution in [3.63, 3.8) is 0 Å². The molecular formula is C29H40Cl2N4O2. The van der Waals surface area contributed by atoms with Crippen LogP contribution in [-0.4, -0.2) is 59.1 Å². The Morgan fingerprint density at radius 3 is 2.16 bits per heavy atom. The minimum Gasteiger partial charge on any atom is -0.409 e. The molecule has 1 N–H and O–H groups in total. The van der Waals surface area contributed by atoms with Gasteiger partial charge in [-0.2, -0.15) is 0 Å². The van der Waals surface area contributed by atoms with Gasteiger partial charge in [-0.25, -0.2) is 9.78 Å². The molecule has 8 heteroatoms. The molecule has 1 atom stereocenters. The molecule has 3 aromatic rings. The second kappa shape index (κ2) is 14.0. The lowest BCUT2D eigenvalue weighted by Crippen LogP contribution is -2.48. The highest BCUT2D eigenvalue weighted by molar-refractivity contribution is 5.92. The van der Waals surface area contributed by atoms with Crippen molar-refractivity contribution in [3.05, 3.63) is 60.2 Å². The van der Waals surface area contributed by atoms with Crippen LogP contribution in [0, 0.1) is 5.92 Å². The predicted octanol–water partition coefficient (Wildman–Crippen LogP) is 6.40. The molecule has 0 aliphatic carbocycles. The van der Waals surface area contributed by atoms with E-state index < -0.39 is 6.09 Å². The summed E-state index contributed by atoms with van der Waals surface area (Å²) in [7, 11) is 0. The third kappa shape index (κ3) is 7.57. The normalized spacial score (nSPS) is 15.2. The van der Waals surface area contributed by atoms with E-state index in [1.165, 1.54) is 0 Å². The second-order valence-corrected chi connectivity index (χ2v) is 10.1. The Kier molecular flexibility index (Phi) is 11.6. The standard InChI is InChI=1S/C29H38N4O2.2ClH/c1-20(2)22(5)30-29(34)35-28-24-13-9-10-14-26(24)31-27(23-11-7-6-8-12-23)25(28)19-32-15-17-33(18-16-32)21(3)4;;/h6-14,20-22H,15-19H2,1-5H3,(H,30,34);2*1H/t22-;;/m1../s1. The number of halogens is 2. The predicted molar refractivity (Wildman–Crippen MR) is 157 cm³/mol. The quantitative estimate of drug-likeness (QED) is 0.371. The number of nitrogens with one attached hydrogen (secondary N) is 1. The fourth-order valence-electron chi connectivity index (χ4n) is 4.46. The van der Waals surface area contributed by atoms with E-state index in [0.29, 0.717) is 24.3 Å². The van der Waals surface area contributed by atoms with Gasteiger partial charge in [0.15, 0.2) is 0 Å². The zero-order valence-electron chi connectivity index (χ0n) is 22.4. The molecule has 37 heavy (non-hydrogen) atoms. The third-order valence-electron chi connectivity index (χ3n) is 7.05. The van der Waals surface area contributed by atoms with Crippen LogP contribution in [-0.2, 0) is 6.54 Å².